The molecule has 0 radical (unpaired) electrons. The highest BCUT2D eigenvalue weighted by atomic mass is 32.2. The topological polar surface area (TPSA) is 20.2 Å². The van der Waals surface area contributed by atoms with Gasteiger partial charge in [-0.1, -0.05) is 18.2 Å². The van der Waals surface area contributed by atoms with Crippen LogP contribution < -0.4 is 0 Å². The zero-order chi connectivity index (χ0) is 8.10. The van der Waals surface area contributed by atoms with Crippen LogP contribution in [0.4, 0.5) is 4.39 Å². The quantitative estimate of drug-likeness (QED) is 0.704. The number of aliphatic hydroxyl groups excluding tert-OH is 1. The van der Waals surface area contributed by atoms with Crippen molar-refractivity contribution in [2.24, 2.45) is 0 Å². The molecule has 0 saturated heterocycles. The Morgan fingerprint density at radius 2 is 2.09 bits per heavy atom. The standard InChI is InChI=1S/C8H9FOS/c9-8-4-2-1-3-7(8)5-11-6-10/h1-4,10H,5-6H2. The molecule has 60 valence electrons. The minimum absolute atomic E-state index is 0.0360. The lowest BCUT2D eigenvalue weighted by atomic mass is 10.2. The summed E-state index contributed by atoms with van der Waals surface area (Å²) >= 11 is 1.29. The third kappa shape index (κ3) is 2.52. The Morgan fingerprint density at radius 3 is 2.73 bits per heavy atom. The summed E-state index contributed by atoms with van der Waals surface area (Å²) in [6.07, 6.45) is 0. The first-order valence-corrected chi connectivity index (χ1v) is 4.42. The number of thioether (sulfide) groups is 1. The van der Waals surface area contributed by atoms with E-state index in [-0.39, 0.29) is 11.8 Å². The van der Waals surface area contributed by atoms with Crippen LogP contribution in [0.25, 0.3) is 0 Å². The summed E-state index contributed by atoms with van der Waals surface area (Å²) in [5.74, 6) is 0.366. The third-order valence-electron chi connectivity index (χ3n) is 1.31. The van der Waals surface area contributed by atoms with E-state index in [1.165, 1.54) is 17.8 Å². The smallest absolute Gasteiger partial charge is 0.127 e. The van der Waals surface area contributed by atoms with Crippen LogP contribution in [0.3, 0.4) is 0 Å². The van der Waals surface area contributed by atoms with Crippen LogP contribution in [0.1, 0.15) is 5.56 Å². The van der Waals surface area contributed by atoms with Gasteiger partial charge in [0.2, 0.25) is 0 Å². The molecule has 0 fully saturated rings. The van der Waals surface area contributed by atoms with Crippen LogP contribution >= 0.6 is 11.8 Å². The fourth-order valence-electron chi connectivity index (χ4n) is 0.771. The molecule has 1 nitrogen and oxygen atoms in total. The maximum atomic E-state index is 12.8. The van der Waals surface area contributed by atoms with Gasteiger partial charge >= 0.3 is 0 Å². The van der Waals surface area contributed by atoms with Crippen LogP contribution in [0.5, 0.6) is 0 Å². The van der Waals surface area contributed by atoms with Gasteiger partial charge in [-0.15, -0.1) is 11.8 Å². The molecule has 0 unspecified atom stereocenters. The number of aliphatic hydroxyl groups is 1. The molecular weight excluding hydrogens is 163 g/mol. The summed E-state index contributed by atoms with van der Waals surface area (Å²) in [6, 6.07) is 6.59. The lowest BCUT2D eigenvalue weighted by Gasteiger charge is -1.99. The van der Waals surface area contributed by atoms with Gasteiger partial charge in [0.05, 0.1) is 5.94 Å². The number of benzene rings is 1. The summed E-state index contributed by atoms with van der Waals surface area (Å²) < 4.78 is 12.8. The maximum absolute atomic E-state index is 12.8. The molecule has 1 N–H and O–H groups in total. The molecule has 0 saturated carbocycles. The molecule has 0 heterocycles. The predicted molar refractivity (Wildman–Crippen MR) is 44.8 cm³/mol. The Balaban J connectivity index is 2.62. The molecule has 3 heteroatoms. The Bertz CT molecular complexity index is 227. The van der Waals surface area contributed by atoms with Gasteiger partial charge in [-0.3, -0.25) is 0 Å². The van der Waals surface area contributed by atoms with Crippen molar-refractivity contribution in [1.29, 1.82) is 0 Å². The first-order chi connectivity index (χ1) is 5.34. The molecule has 0 bridgehead atoms. The maximum Gasteiger partial charge on any atom is 0.127 e. The molecular formula is C8H9FOS. The van der Waals surface area contributed by atoms with E-state index in [4.69, 9.17) is 5.11 Å². The fraction of sp³-hybridized carbons (Fsp3) is 0.250. The second kappa shape index (κ2) is 4.36. The van der Waals surface area contributed by atoms with Crippen LogP contribution in [0, 0.1) is 5.82 Å². The highest BCUT2D eigenvalue weighted by Gasteiger charge is 1.98. The normalized spacial score (nSPS) is 10.0. The molecule has 0 aliphatic heterocycles. The van der Waals surface area contributed by atoms with E-state index in [2.05, 4.69) is 0 Å². The van der Waals surface area contributed by atoms with Crippen molar-refractivity contribution in [2.45, 2.75) is 5.75 Å². The summed E-state index contributed by atoms with van der Waals surface area (Å²) in [7, 11) is 0. The predicted octanol–water partition coefficient (Wildman–Crippen LogP) is 2.01. The van der Waals surface area contributed by atoms with Crippen molar-refractivity contribution in [3.8, 4) is 0 Å². The van der Waals surface area contributed by atoms with E-state index >= 15 is 0 Å². The highest BCUT2D eigenvalue weighted by molar-refractivity contribution is 7.98. The van der Waals surface area contributed by atoms with Crippen molar-refractivity contribution >= 4 is 11.8 Å². The van der Waals surface area contributed by atoms with Crippen LogP contribution in [0.15, 0.2) is 24.3 Å². The number of halogens is 1. The lowest BCUT2D eigenvalue weighted by Crippen LogP contribution is -1.86. The molecule has 0 atom stereocenters. The molecule has 0 spiro atoms. The summed E-state index contributed by atoms with van der Waals surface area (Å²) in [5.41, 5.74) is 0.645. The van der Waals surface area contributed by atoms with Gasteiger partial charge in [-0.25, -0.2) is 4.39 Å². The first-order valence-electron chi connectivity index (χ1n) is 3.26. The van der Waals surface area contributed by atoms with Gasteiger partial charge in [0.15, 0.2) is 0 Å². The van der Waals surface area contributed by atoms with Crippen molar-refractivity contribution in [3.63, 3.8) is 0 Å². The van der Waals surface area contributed by atoms with Gasteiger partial charge in [0.25, 0.3) is 0 Å². The lowest BCUT2D eigenvalue weighted by molar-refractivity contribution is 0.375. The van der Waals surface area contributed by atoms with E-state index in [1.807, 2.05) is 0 Å². The van der Waals surface area contributed by atoms with E-state index in [0.29, 0.717) is 11.3 Å². The zero-order valence-electron chi connectivity index (χ0n) is 5.96. The van der Waals surface area contributed by atoms with Gasteiger partial charge in [-0.05, 0) is 11.6 Å². The minimum atomic E-state index is -0.201. The number of hydrogen-bond donors (Lipinski definition) is 1. The van der Waals surface area contributed by atoms with E-state index in [9.17, 15) is 4.39 Å². The minimum Gasteiger partial charge on any atom is -0.386 e. The summed E-state index contributed by atoms with van der Waals surface area (Å²) in [6.45, 7) is 0. The van der Waals surface area contributed by atoms with E-state index in [1.54, 1.807) is 18.2 Å². The summed E-state index contributed by atoms with van der Waals surface area (Å²) in [4.78, 5) is 0. The monoisotopic (exact) mass is 172 g/mol. The SMILES string of the molecule is OCSCc1ccccc1F. The van der Waals surface area contributed by atoms with Gasteiger partial charge < -0.3 is 5.11 Å². The van der Waals surface area contributed by atoms with Crippen molar-refractivity contribution in [1.82, 2.24) is 0 Å². The van der Waals surface area contributed by atoms with Crippen LogP contribution in [-0.2, 0) is 5.75 Å². The molecule has 0 aliphatic carbocycles. The molecule has 1 aromatic carbocycles. The average Bonchev–Trinajstić information content (AvgIpc) is 2.03. The molecule has 0 aliphatic rings. The molecule has 1 rings (SSSR count). The molecule has 0 aromatic heterocycles. The Labute approximate surface area is 69.2 Å². The largest absolute Gasteiger partial charge is 0.386 e. The van der Waals surface area contributed by atoms with E-state index in [0.717, 1.165) is 0 Å². The molecule has 0 amide bonds. The van der Waals surface area contributed by atoms with Gasteiger partial charge in [0.1, 0.15) is 5.82 Å². The number of hydrogen-bond acceptors (Lipinski definition) is 2. The second-order valence-corrected chi connectivity index (χ2v) is 3.02. The Morgan fingerprint density at radius 1 is 1.36 bits per heavy atom. The Hall–Kier alpha value is -0.540. The fourth-order valence-corrected chi connectivity index (χ4v) is 1.32. The van der Waals surface area contributed by atoms with Crippen molar-refractivity contribution in [3.05, 3.63) is 35.6 Å². The van der Waals surface area contributed by atoms with Crippen LogP contribution in [0.2, 0.25) is 0 Å². The van der Waals surface area contributed by atoms with Crippen molar-refractivity contribution in [2.75, 3.05) is 5.94 Å². The molecule has 11 heavy (non-hydrogen) atoms. The third-order valence-corrected chi connectivity index (χ3v) is 2.00. The average molecular weight is 172 g/mol. The van der Waals surface area contributed by atoms with E-state index < -0.39 is 0 Å². The van der Waals surface area contributed by atoms with Gasteiger partial charge in [-0.2, -0.15) is 0 Å². The van der Waals surface area contributed by atoms with Gasteiger partial charge in [0, 0.05) is 5.75 Å². The summed E-state index contributed by atoms with van der Waals surface area (Å²) in [5, 5.41) is 8.46. The van der Waals surface area contributed by atoms with Crippen molar-refractivity contribution < 1.29 is 9.50 Å². The van der Waals surface area contributed by atoms with Crippen LogP contribution in [-0.4, -0.2) is 11.0 Å². The highest BCUT2D eigenvalue weighted by Crippen LogP contribution is 2.13. The first kappa shape index (κ1) is 8.56. The second-order valence-electron chi connectivity index (χ2n) is 2.07. The Kier molecular flexibility index (Phi) is 3.39. The molecule has 1 aromatic rings. The number of rotatable bonds is 3. The zero-order valence-corrected chi connectivity index (χ0v) is 6.77.